The van der Waals surface area contributed by atoms with Crippen molar-refractivity contribution in [1.82, 2.24) is 14.5 Å². The minimum atomic E-state index is 0.177. The number of anilines is 1. The van der Waals surface area contributed by atoms with Crippen molar-refractivity contribution in [3.8, 4) is 0 Å². The van der Waals surface area contributed by atoms with E-state index in [2.05, 4.69) is 27.8 Å². The maximum absolute atomic E-state index is 12.5. The van der Waals surface area contributed by atoms with E-state index in [9.17, 15) is 4.79 Å². The van der Waals surface area contributed by atoms with Gasteiger partial charge in [0.15, 0.2) is 0 Å². The predicted molar refractivity (Wildman–Crippen MR) is 105 cm³/mol. The molecule has 140 valence electrons. The maximum atomic E-state index is 12.5. The lowest BCUT2D eigenvalue weighted by molar-refractivity contribution is -0.120. The topological polar surface area (TPSA) is 50.2 Å². The molecule has 2 heterocycles. The molecule has 1 saturated heterocycles. The summed E-state index contributed by atoms with van der Waals surface area (Å²) in [5.41, 5.74) is 3.03. The first-order chi connectivity index (χ1) is 12.7. The molecular weight excluding hydrogens is 324 g/mol. The van der Waals surface area contributed by atoms with Crippen LogP contribution in [0.15, 0.2) is 18.2 Å². The number of aryl methyl sites for hydroxylation is 1. The van der Waals surface area contributed by atoms with Crippen LogP contribution in [0.3, 0.4) is 0 Å². The highest BCUT2D eigenvalue weighted by Crippen LogP contribution is 2.26. The lowest BCUT2D eigenvalue weighted by Crippen LogP contribution is -2.24. The number of carbonyl (C=O) groups excluding carboxylic acids is 1. The number of benzene rings is 1. The molecule has 1 aromatic carbocycles. The zero-order chi connectivity index (χ0) is 17.9. The van der Waals surface area contributed by atoms with E-state index in [1.807, 2.05) is 12.1 Å². The molecule has 2 aromatic rings. The van der Waals surface area contributed by atoms with Gasteiger partial charge >= 0.3 is 0 Å². The van der Waals surface area contributed by atoms with E-state index < -0.39 is 0 Å². The summed E-state index contributed by atoms with van der Waals surface area (Å²) in [4.78, 5) is 19.9. The highest BCUT2D eigenvalue weighted by atomic mass is 16.1. The van der Waals surface area contributed by atoms with E-state index in [-0.39, 0.29) is 11.8 Å². The van der Waals surface area contributed by atoms with Gasteiger partial charge in [-0.15, -0.1) is 0 Å². The molecule has 26 heavy (non-hydrogen) atoms. The fraction of sp³-hybridized carbons (Fsp3) is 0.619. The van der Waals surface area contributed by atoms with Gasteiger partial charge in [-0.05, 0) is 63.9 Å². The Balaban J connectivity index is 1.53. The first kappa shape index (κ1) is 17.5. The van der Waals surface area contributed by atoms with Crippen molar-refractivity contribution in [2.24, 2.45) is 5.92 Å². The molecular formula is C21H30N4O. The number of rotatable bonds is 5. The SMILES string of the molecule is CCn1c(CN2CCCC2)nc2cc(NC(=O)C3CCCCC3)ccc21. The number of nitrogens with zero attached hydrogens (tertiary/aromatic N) is 3. The summed E-state index contributed by atoms with van der Waals surface area (Å²) in [5.74, 6) is 1.50. The third-order valence-electron chi connectivity index (χ3n) is 5.95. The van der Waals surface area contributed by atoms with Gasteiger partial charge in [-0.3, -0.25) is 9.69 Å². The molecule has 0 bridgehead atoms. The van der Waals surface area contributed by atoms with Crippen molar-refractivity contribution in [3.05, 3.63) is 24.0 Å². The van der Waals surface area contributed by atoms with Gasteiger partial charge in [0.2, 0.25) is 5.91 Å². The van der Waals surface area contributed by atoms with Crippen molar-refractivity contribution >= 4 is 22.6 Å². The maximum Gasteiger partial charge on any atom is 0.227 e. The summed E-state index contributed by atoms with van der Waals surface area (Å²) in [5, 5.41) is 3.13. The van der Waals surface area contributed by atoms with Crippen molar-refractivity contribution < 1.29 is 4.79 Å². The Bertz CT molecular complexity index is 770. The number of nitrogens with one attached hydrogen (secondary N) is 1. The molecule has 1 amide bonds. The first-order valence-corrected chi connectivity index (χ1v) is 10.3. The Labute approximate surface area is 155 Å². The van der Waals surface area contributed by atoms with Crippen LogP contribution in [0.5, 0.6) is 0 Å². The van der Waals surface area contributed by atoms with E-state index in [1.54, 1.807) is 0 Å². The minimum absolute atomic E-state index is 0.177. The van der Waals surface area contributed by atoms with E-state index >= 15 is 0 Å². The lowest BCUT2D eigenvalue weighted by Gasteiger charge is -2.20. The molecule has 1 aromatic heterocycles. The molecule has 2 fully saturated rings. The van der Waals surface area contributed by atoms with Crippen molar-refractivity contribution in [2.75, 3.05) is 18.4 Å². The van der Waals surface area contributed by atoms with Gasteiger partial charge in [-0.25, -0.2) is 4.98 Å². The van der Waals surface area contributed by atoms with Gasteiger partial charge < -0.3 is 9.88 Å². The average Bonchev–Trinajstić information content (AvgIpc) is 3.29. The number of aromatic nitrogens is 2. The third-order valence-corrected chi connectivity index (χ3v) is 5.95. The summed E-state index contributed by atoms with van der Waals surface area (Å²) in [7, 11) is 0. The number of hydrogen-bond donors (Lipinski definition) is 1. The Hall–Kier alpha value is -1.88. The molecule has 5 nitrogen and oxygen atoms in total. The quantitative estimate of drug-likeness (QED) is 0.877. The molecule has 0 spiro atoms. The van der Waals surface area contributed by atoms with Gasteiger partial charge in [0.25, 0.3) is 0 Å². The molecule has 0 atom stereocenters. The monoisotopic (exact) mass is 354 g/mol. The van der Waals surface area contributed by atoms with Crippen LogP contribution in [-0.2, 0) is 17.9 Å². The summed E-state index contributed by atoms with van der Waals surface area (Å²) < 4.78 is 2.31. The second-order valence-corrected chi connectivity index (χ2v) is 7.78. The summed E-state index contributed by atoms with van der Waals surface area (Å²) in [6, 6.07) is 6.17. The van der Waals surface area contributed by atoms with Crippen LogP contribution < -0.4 is 5.32 Å². The summed E-state index contributed by atoms with van der Waals surface area (Å²) >= 11 is 0. The molecule has 5 heteroatoms. The van der Waals surface area contributed by atoms with Crippen LogP contribution >= 0.6 is 0 Å². The number of likely N-dealkylation sites (tertiary alicyclic amines) is 1. The van der Waals surface area contributed by atoms with E-state index in [4.69, 9.17) is 4.98 Å². The molecule has 1 aliphatic heterocycles. The third kappa shape index (κ3) is 3.63. The largest absolute Gasteiger partial charge is 0.327 e. The summed E-state index contributed by atoms with van der Waals surface area (Å²) in [6.07, 6.45) is 8.27. The van der Waals surface area contributed by atoms with Gasteiger partial charge in [-0.2, -0.15) is 0 Å². The molecule has 1 N–H and O–H groups in total. The van der Waals surface area contributed by atoms with Crippen LogP contribution in [0.4, 0.5) is 5.69 Å². The smallest absolute Gasteiger partial charge is 0.227 e. The normalized spacial score (nSPS) is 19.3. The second kappa shape index (κ2) is 7.78. The molecule has 1 saturated carbocycles. The van der Waals surface area contributed by atoms with Crippen LogP contribution in [0.25, 0.3) is 11.0 Å². The highest BCUT2D eigenvalue weighted by molar-refractivity contribution is 5.94. The molecule has 0 radical (unpaired) electrons. The Morgan fingerprint density at radius 2 is 1.92 bits per heavy atom. The van der Waals surface area contributed by atoms with Gasteiger partial charge in [-0.1, -0.05) is 19.3 Å². The standard InChI is InChI=1S/C21H30N4O/c1-2-25-19-11-10-17(22-21(26)16-8-4-3-5-9-16)14-18(19)23-20(25)15-24-12-6-7-13-24/h10-11,14,16H,2-9,12-13,15H2,1H3,(H,22,26). The van der Waals surface area contributed by atoms with Crippen molar-refractivity contribution in [2.45, 2.75) is 65.0 Å². The average molecular weight is 354 g/mol. The molecule has 1 aliphatic carbocycles. The van der Waals surface area contributed by atoms with Crippen LogP contribution in [-0.4, -0.2) is 33.4 Å². The number of imidazole rings is 1. The number of fused-ring (bicyclic) bond motifs is 1. The van der Waals surface area contributed by atoms with Gasteiger partial charge in [0.1, 0.15) is 5.82 Å². The molecule has 4 rings (SSSR count). The predicted octanol–water partition coefficient (Wildman–Crippen LogP) is 4.17. The number of hydrogen-bond acceptors (Lipinski definition) is 3. The zero-order valence-corrected chi connectivity index (χ0v) is 15.8. The zero-order valence-electron chi connectivity index (χ0n) is 15.8. The first-order valence-electron chi connectivity index (χ1n) is 10.3. The molecule has 0 unspecified atom stereocenters. The number of carbonyl (C=O) groups is 1. The van der Waals surface area contributed by atoms with Gasteiger partial charge in [0.05, 0.1) is 17.6 Å². The Morgan fingerprint density at radius 1 is 1.15 bits per heavy atom. The van der Waals surface area contributed by atoms with Crippen LogP contribution in [0.1, 0.15) is 57.7 Å². The van der Waals surface area contributed by atoms with Gasteiger partial charge in [0, 0.05) is 18.2 Å². The van der Waals surface area contributed by atoms with Crippen LogP contribution in [0.2, 0.25) is 0 Å². The minimum Gasteiger partial charge on any atom is -0.327 e. The van der Waals surface area contributed by atoms with Crippen molar-refractivity contribution in [3.63, 3.8) is 0 Å². The van der Waals surface area contributed by atoms with E-state index in [0.717, 1.165) is 48.5 Å². The Morgan fingerprint density at radius 3 is 2.65 bits per heavy atom. The Kier molecular flexibility index (Phi) is 5.25. The van der Waals surface area contributed by atoms with Crippen LogP contribution in [0, 0.1) is 5.92 Å². The van der Waals surface area contributed by atoms with E-state index in [0.29, 0.717) is 0 Å². The lowest BCUT2D eigenvalue weighted by atomic mass is 9.88. The second-order valence-electron chi connectivity index (χ2n) is 7.78. The fourth-order valence-corrected chi connectivity index (χ4v) is 4.48. The fourth-order valence-electron chi connectivity index (χ4n) is 4.48. The highest BCUT2D eigenvalue weighted by Gasteiger charge is 2.21. The van der Waals surface area contributed by atoms with Crippen molar-refractivity contribution in [1.29, 1.82) is 0 Å². The number of amides is 1. The molecule has 2 aliphatic rings. The summed E-state index contributed by atoms with van der Waals surface area (Å²) in [6.45, 7) is 6.37. The van der Waals surface area contributed by atoms with E-state index in [1.165, 1.54) is 45.2 Å².